The fourth-order valence-electron chi connectivity index (χ4n) is 2.62. The predicted octanol–water partition coefficient (Wildman–Crippen LogP) is 3.82. The van der Waals surface area contributed by atoms with E-state index in [4.69, 9.17) is 11.6 Å². The van der Waals surface area contributed by atoms with Gasteiger partial charge in [0.25, 0.3) is 15.9 Å². The van der Waals surface area contributed by atoms with E-state index in [9.17, 15) is 18.0 Å². The number of amides is 2. The Balaban J connectivity index is 1.57. The van der Waals surface area contributed by atoms with E-state index in [0.717, 1.165) is 5.56 Å². The molecule has 0 saturated carbocycles. The molecule has 0 aliphatic heterocycles. The molecule has 3 N–H and O–H groups in total. The van der Waals surface area contributed by atoms with Crippen LogP contribution in [0.1, 0.15) is 15.9 Å². The highest BCUT2D eigenvalue weighted by atomic mass is 35.5. The second-order valence-corrected chi connectivity index (χ2v) is 8.85. The minimum absolute atomic E-state index is 0.0186. The summed E-state index contributed by atoms with van der Waals surface area (Å²) in [6.45, 7) is 1.67. The molecule has 0 heterocycles. The number of sulfonamides is 1. The number of carbonyl (C=O) groups excluding carboxylic acids is 2. The van der Waals surface area contributed by atoms with Gasteiger partial charge in [-0.25, -0.2) is 8.42 Å². The van der Waals surface area contributed by atoms with Gasteiger partial charge < -0.3 is 10.6 Å². The molecule has 160 valence electrons. The number of aryl methyl sites for hydroxylation is 1. The van der Waals surface area contributed by atoms with Crippen LogP contribution in [0.2, 0.25) is 5.02 Å². The molecular weight excluding hydrogens is 438 g/mol. The van der Waals surface area contributed by atoms with Gasteiger partial charge in [0.05, 0.1) is 11.4 Å². The van der Waals surface area contributed by atoms with Crippen LogP contribution in [0.25, 0.3) is 0 Å². The molecule has 0 saturated heterocycles. The lowest BCUT2D eigenvalue weighted by atomic mass is 10.2. The van der Waals surface area contributed by atoms with Crippen molar-refractivity contribution in [3.05, 3.63) is 88.9 Å². The summed E-state index contributed by atoms with van der Waals surface area (Å²) < 4.78 is 27.5. The monoisotopic (exact) mass is 457 g/mol. The summed E-state index contributed by atoms with van der Waals surface area (Å²) in [6.07, 6.45) is 0. The van der Waals surface area contributed by atoms with Crippen molar-refractivity contribution in [1.82, 2.24) is 5.32 Å². The fourth-order valence-corrected chi connectivity index (χ4v) is 3.81. The van der Waals surface area contributed by atoms with E-state index in [2.05, 4.69) is 15.4 Å². The molecule has 7 nitrogen and oxygen atoms in total. The van der Waals surface area contributed by atoms with Crippen LogP contribution in [0.15, 0.2) is 77.7 Å². The van der Waals surface area contributed by atoms with Crippen LogP contribution < -0.4 is 15.4 Å². The van der Waals surface area contributed by atoms with Crippen molar-refractivity contribution < 1.29 is 18.0 Å². The number of halogens is 1. The van der Waals surface area contributed by atoms with Gasteiger partial charge in [-0.1, -0.05) is 29.3 Å². The number of rotatable bonds is 7. The highest BCUT2D eigenvalue weighted by molar-refractivity contribution is 7.92. The molecule has 0 aromatic heterocycles. The molecule has 0 bridgehead atoms. The van der Waals surface area contributed by atoms with E-state index in [1.165, 1.54) is 24.3 Å². The second kappa shape index (κ2) is 9.63. The van der Waals surface area contributed by atoms with Gasteiger partial charge in [0.15, 0.2) is 0 Å². The van der Waals surface area contributed by atoms with Crippen LogP contribution in [-0.4, -0.2) is 26.8 Å². The van der Waals surface area contributed by atoms with E-state index in [1.54, 1.807) is 48.5 Å². The first-order chi connectivity index (χ1) is 14.7. The minimum atomic E-state index is -3.79. The zero-order chi connectivity index (χ0) is 22.4. The van der Waals surface area contributed by atoms with Gasteiger partial charge in [-0.15, -0.1) is 0 Å². The van der Waals surface area contributed by atoms with Crippen LogP contribution in [-0.2, 0) is 14.8 Å². The molecule has 0 spiro atoms. The summed E-state index contributed by atoms with van der Waals surface area (Å²) in [7, 11) is -3.79. The number of anilines is 2. The minimum Gasteiger partial charge on any atom is -0.343 e. The summed E-state index contributed by atoms with van der Waals surface area (Å²) in [6, 6.07) is 18.9. The summed E-state index contributed by atoms with van der Waals surface area (Å²) in [5.74, 6) is -0.904. The number of carbonyl (C=O) groups is 2. The molecule has 0 fully saturated rings. The summed E-state index contributed by atoms with van der Waals surface area (Å²) in [4.78, 5) is 24.2. The number of hydrogen-bond donors (Lipinski definition) is 3. The summed E-state index contributed by atoms with van der Waals surface area (Å²) in [5, 5.41) is 5.67. The molecule has 31 heavy (non-hydrogen) atoms. The van der Waals surface area contributed by atoms with Gasteiger partial charge in [0.1, 0.15) is 0 Å². The lowest BCUT2D eigenvalue weighted by Gasteiger charge is -2.10. The summed E-state index contributed by atoms with van der Waals surface area (Å²) in [5.41, 5.74) is 2.24. The standard InChI is InChI=1S/C22H20ClN3O4S/c1-15-2-8-19(9-3-15)26-31(29,30)20-12-4-16(5-13-20)22(28)24-14-21(27)25-18-10-6-17(23)7-11-18/h2-13,26H,14H2,1H3,(H,24,28)(H,25,27). The van der Waals surface area contributed by atoms with Gasteiger partial charge in [-0.2, -0.15) is 0 Å². The van der Waals surface area contributed by atoms with Gasteiger partial charge in [-0.3, -0.25) is 14.3 Å². The van der Waals surface area contributed by atoms with E-state index < -0.39 is 21.8 Å². The first kappa shape index (κ1) is 22.3. The van der Waals surface area contributed by atoms with Crippen molar-refractivity contribution in [3.63, 3.8) is 0 Å². The molecule has 3 aromatic rings. The van der Waals surface area contributed by atoms with Crippen molar-refractivity contribution in [3.8, 4) is 0 Å². The van der Waals surface area contributed by atoms with Crippen LogP contribution >= 0.6 is 11.6 Å². The van der Waals surface area contributed by atoms with Crippen molar-refractivity contribution in [1.29, 1.82) is 0 Å². The number of benzene rings is 3. The quantitative estimate of drug-likeness (QED) is 0.501. The third kappa shape index (κ3) is 6.31. The first-order valence-electron chi connectivity index (χ1n) is 9.26. The van der Waals surface area contributed by atoms with Gasteiger partial charge >= 0.3 is 0 Å². The molecule has 0 radical (unpaired) electrons. The van der Waals surface area contributed by atoms with Gasteiger partial charge in [-0.05, 0) is 67.6 Å². The fraction of sp³-hybridized carbons (Fsp3) is 0.0909. The molecule has 3 rings (SSSR count). The van der Waals surface area contributed by atoms with Crippen LogP contribution in [0.5, 0.6) is 0 Å². The third-order valence-electron chi connectivity index (χ3n) is 4.27. The first-order valence-corrected chi connectivity index (χ1v) is 11.1. The molecule has 0 aliphatic rings. The maximum Gasteiger partial charge on any atom is 0.261 e. The van der Waals surface area contributed by atoms with Crippen molar-refractivity contribution in [2.75, 3.05) is 16.6 Å². The Morgan fingerprint density at radius 3 is 2.03 bits per heavy atom. The van der Waals surface area contributed by atoms with Crippen molar-refractivity contribution >= 4 is 44.8 Å². The predicted molar refractivity (Wildman–Crippen MR) is 121 cm³/mol. The Hall–Kier alpha value is -3.36. The van der Waals surface area contributed by atoms with Crippen LogP contribution in [0, 0.1) is 6.92 Å². The Labute approximate surface area is 185 Å². The molecule has 2 amide bonds. The normalized spacial score (nSPS) is 10.9. The Morgan fingerprint density at radius 2 is 1.42 bits per heavy atom. The van der Waals surface area contributed by atoms with Crippen molar-refractivity contribution in [2.45, 2.75) is 11.8 Å². The Bertz CT molecular complexity index is 1180. The lowest BCUT2D eigenvalue weighted by molar-refractivity contribution is -0.115. The topological polar surface area (TPSA) is 104 Å². The largest absolute Gasteiger partial charge is 0.343 e. The van der Waals surface area contributed by atoms with Gasteiger partial charge in [0, 0.05) is 22.0 Å². The summed E-state index contributed by atoms with van der Waals surface area (Å²) >= 11 is 5.79. The van der Waals surface area contributed by atoms with E-state index >= 15 is 0 Å². The molecule has 0 aliphatic carbocycles. The maximum atomic E-state index is 12.5. The number of nitrogens with one attached hydrogen (secondary N) is 3. The second-order valence-electron chi connectivity index (χ2n) is 6.73. The third-order valence-corrected chi connectivity index (χ3v) is 5.92. The highest BCUT2D eigenvalue weighted by Crippen LogP contribution is 2.17. The number of hydrogen-bond acceptors (Lipinski definition) is 4. The maximum absolute atomic E-state index is 12.5. The van der Waals surface area contributed by atoms with Crippen LogP contribution in [0.3, 0.4) is 0 Å². The molecular formula is C22H20ClN3O4S. The Kier molecular flexibility index (Phi) is 6.94. The van der Waals surface area contributed by atoms with Gasteiger partial charge in [0.2, 0.25) is 5.91 Å². The highest BCUT2D eigenvalue weighted by Gasteiger charge is 2.15. The van der Waals surface area contributed by atoms with E-state index in [-0.39, 0.29) is 17.0 Å². The van der Waals surface area contributed by atoms with Crippen molar-refractivity contribution in [2.24, 2.45) is 0 Å². The average molecular weight is 458 g/mol. The van der Waals surface area contributed by atoms with E-state index in [0.29, 0.717) is 16.4 Å². The molecule has 0 unspecified atom stereocenters. The average Bonchev–Trinajstić information content (AvgIpc) is 2.75. The molecule has 9 heteroatoms. The zero-order valence-electron chi connectivity index (χ0n) is 16.6. The molecule has 3 aromatic carbocycles. The smallest absolute Gasteiger partial charge is 0.261 e. The molecule has 0 atom stereocenters. The zero-order valence-corrected chi connectivity index (χ0v) is 18.1. The SMILES string of the molecule is Cc1ccc(NS(=O)(=O)c2ccc(C(=O)NCC(=O)Nc3ccc(Cl)cc3)cc2)cc1. The van der Waals surface area contributed by atoms with Crippen LogP contribution in [0.4, 0.5) is 11.4 Å². The lowest BCUT2D eigenvalue weighted by Crippen LogP contribution is -2.32. The van der Waals surface area contributed by atoms with E-state index in [1.807, 2.05) is 6.92 Å². The Morgan fingerprint density at radius 1 is 0.839 bits per heavy atom.